The molecule has 29 heavy (non-hydrogen) atoms. The number of hydrogen-bond acceptors (Lipinski definition) is 7. The highest BCUT2D eigenvalue weighted by molar-refractivity contribution is 7.99. The van der Waals surface area contributed by atoms with Crippen molar-refractivity contribution in [2.24, 2.45) is 0 Å². The van der Waals surface area contributed by atoms with Crippen LogP contribution in [0, 0.1) is 13.8 Å². The summed E-state index contributed by atoms with van der Waals surface area (Å²) in [6.45, 7) is 5.05. The van der Waals surface area contributed by atoms with E-state index >= 15 is 0 Å². The number of nitrogens with one attached hydrogen (secondary N) is 2. The number of ether oxygens (including phenoxy) is 1. The van der Waals surface area contributed by atoms with Crippen LogP contribution in [0.5, 0.6) is 5.75 Å². The quantitative estimate of drug-likeness (QED) is 0.449. The summed E-state index contributed by atoms with van der Waals surface area (Å²) in [4.78, 5) is 16.4. The molecule has 1 saturated heterocycles. The molecule has 0 atom stereocenters. The molecular weight excluding hydrogens is 414 g/mol. The number of carbonyl (C=O) groups is 1. The largest absolute Gasteiger partial charge is 0.484 e. The van der Waals surface area contributed by atoms with Crippen molar-refractivity contribution < 1.29 is 17.9 Å². The second kappa shape index (κ2) is 9.59. The van der Waals surface area contributed by atoms with Crippen molar-refractivity contribution in [1.82, 2.24) is 24.8 Å². The fourth-order valence-electron chi connectivity index (χ4n) is 2.94. The molecule has 0 unspecified atom stereocenters. The molecule has 1 aliphatic heterocycles. The molecule has 0 aliphatic carbocycles. The fourth-order valence-corrected chi connectivity index (χ4v) is 5.24. The summed E-state index contributed by atoms with van der Waals surface area (Å²) in [6, 6.07) is 4.73. The summed E-state index contributed by atoms with van der Waals surface area (Å²) in [5.74, 6) is 1.64. The smallest absolute Gasteiger partial charge is 0.257 e. The van der Waals surface area contributed by atoms with Gasteiger partial charge in [-0.2, -0.15) is 4.31 Å². The Hall–Kier alpha value is -2.11. The number of hydrogen-bond donors (Lipinski definition) is 2. The SMILES string of the molecule is Cc1nc(SCCNC(=O)COc2ccc(S(=O)(=O)N3CCCC3)cc2C)n[nH]1. The van der Waals surface area contributed by atoms with Gasteiger partial charge >= 0.3 is 0 Å². The molecule has 158 valence electrons. The van der Waals surface area contributed by atoms with Crippen LogP contribution in [0.2, 0.25) is 0 Å². The predicted molar refractivity (Wildman–Crippen MR) is 110 cm³/mol. The van der Waals surface area contributed by atoms with Crippen molar-refractivity contribution in [3.05, 3.63) is 29.6 Å². The Morgan fingerprint density at radius 3 is 2.72 bits per heavy atom. The minimum absolute atomic E-state index is 0.135. The first-order valence-corrected chi connectivity index (χ1v) is 11.8. The zero-order valence-electron chi connectivity index (χ0n) is 16.5. The molecule has 1 amide bonds. The Balaban J connectivity index is 1.45. The number of benzene rings is 1. The van der Waals surface area contributed by atoms with Gasteiger partial charge in [0, 0.05) is 25.4 Å². The summed E-state index contributed by atoms with van der Waals surface area (Å²) in [5, 5.41) is 10.2. The molecule has 1 aromatic heterocycles. The second-order valence-electron chi connectivity index (χ2n) is 6.73. The van der Waals surface area contributed by atoms with Gasteiger partial charge in [0.1, 0.15) is 11.6 Å². The third kappa shape index (κ3) is 5.71. The summed E-state index contributed by atoms with van der Waals surface area (Å²) < 4.78 is 32.3. The standard InChI is InChI=1S/C18H25N5O4S2/c1-13-11-15(29(25,26)23-8-3-4-9-23)5-6-16(13)27-12-17(24)19-7-10-28-18-20-14(2)21-22-18/h5-6,11H,3-4,7-10,12H2,1-2H3,(H,19,24)(H,20,21,22). The van der Waals surface area contributed by atoms with Crippen LogP contribution >= 0.6 is 11.8 Å². The van der Waals surface area contributed by atoms with Crippen LogP contribution in [-0.2, 0) is 14.8 Å². The summed E-state index contributed by atoms with van der Waals surface area (Å²) in [6.07, 6.45) is 1.79. The molecule has 2 heterocycles. The van der Waals surface area contributed by atoms with Gasteiger partial charge in [0.05, 0.1) is 4.90 Å². The van der Waals surface area contributed by atoms with Crippen molar-refractivity contribution >= 4 is 27.7 Å². The predicted octanol–water partition coefficient (Wildman–Crippen LogP) is 1.49. The van der Waals surface area contributed by atoms with E-state index in [0.717, 1.165) is 18.7 Å². The summed E-state index contributed by atoms with van der Waals surface area (Å²) >= 11 is 1.44. The van der Waals surface area contributed by atoms with Gasteiger partial charge in [0.15, 0.2) is 6.61 Å². The number of carbonyl (C=O) groups excluding carboxylic acids is 1. The first-order chi connectivity index (χ1) is 13.9. The van der Waals surface area contributed by atoms with Gasteiger partial charge in [-0.25, -0.2) is 13.4 Å². The van der Waals surface area contributed by atoms with Crippen LogP contribution in [0.3, 0.4) is 0 Å². The lowest BCUT2D eigenvalue weighted by atomic mass is 10.2. The molecule has 0 spiro atoms. The Morgan fingerprint density at radius 2 is 2.07 bits per heavy atom. The third-order valence-corrected chi connectivity index (χ3v) is 7.18. The number of rotatable bonds is 9. The lowest BCUT2D eigenvalue weighted by molar-refractivity contribution is -0.122. The van der Waals surface area contributed by atoms with Crippen LogP contribution in [-0.4, -0.2) is 65.8 Å². The molecule has 3 rings (SSSR count). The maximum atomic E-state index is 12.6. The zero-order valence-corrected chi connectivity index (χ0v) is 18.1. The van der Waals surface area contributed by atoms with Crippen LogP contribution in [0.25, 0.3) is 0 Å². The maximum Gasteiger partial charge on any atom is 0.257 e. The topological polar surface area (TPSA) is 117 Å². The van der Waals surface area contributed by atoms with Crippen LogP contribution in [0.4, 0.5) is 0 Å². The normalized spacial score (nSPS) is 14.8. The van der Waals surface area contributed by atoms with E-state index in [9.17, 15) is 13.2 Å². The first-order valence-electron chi connectivity index (χ1n) is 9.38. The fraction of sp³-hybridized carbons (Fsp3) is 0.500. The number of sulfonamides is 1. The number of aromatic nitrogens is 3. The number of thioether (sulfide) groups is 1. The highest BCUT2D eigenvalue weighted by Gasteiger charge is 2.27. The van der Waals surface area contributed by atoms with Crippen LogP contribution in [0.1, 0.15) is 24.2 Å². The van der Waals surface area contributed by atoms with Gasteiger partial charge in [0.2, 0.25) is 15.2 Å². The molecule has 1 aromatic carbocycles. The van der Waals surface area contributed by atoms with Gasteiger partial charge in [-0.1, -0.05) is 11.8 Å². The Labute approximate surface area is 174 Å². The Bertz CT molecular complexity index is 955. The maximum absolute atomic E-state index is 12.6. The van der Waals surface area contributed by atoms with Gasteiger partial charge in [-0.3, -0.25) is 9.89 Å². The minimum Gasteiger partial charge on any atom is -0.484 e. The van der Waals surface area contributed by atoms with Crippen molar-refractivity contribution in [3.8, 4) is 5.75 Å². The molecule has 1 aliphatic rings. The molecule has 9 nitrogen and oxygen atoms in total. The molecule has 2 N–H and O–H groups in total. The number of H-pyrrole nitrogens is 1. The number of aryl methyl sites for hydroxylation is 2. The highest BCUT2D eigenvalue weighted by Crippen LogP contribution is 2.26. The van der Waals surface area contributed by atoms with Crippen LogP contribution in [0.15, 0.2) is 28.3 Å². The zero-order chi connectivity index (χ0) is 20.9. The lowest BCUT2D eigenvalue weighted by Crippen LogP contribution is -2.30. The van der Waals surface area contributed by atoms with Crippen molar-refractivity contribution in [2.75, 3.05) is 32.0 Å². The average molecular weight is 440 g/mol. The van der Waals surface area contributed by atoms with E-state index in [1.165, 1.54) is 22.1 Å². The highest BCUT2D eigenvalue weighted by atomic mass is 32.2. The molecule has 0 saturated carbocycles. The molecule has 1 fully saturated rings. The van der Waals surface area contributed by atoms with E-state index in [-0.39, 0.29) is 17.4 Å². The monoisotopic (exact) mass is 439 g/mol. The van der Waals surface area contributed by atoms with Gasteiger partial charge in [-0.15, -0.1) is 5.10 Å². The summed E-state index contributed by atoms with van der Waals surface area (Å²) in [5.41, 5.74) is 0.675. The van der Waals surface area contributed by atoms with Gasteiger partial charge < -0.3 is 10.1 Å². The number of aromatic amines is 1. The molecular formula is C18H25N5O4S2. The van der Waals surface area contributed by atoms with E-state index in [0.29, 0.717) is 41.9 Å². The number of amides is 1. The Kier molecular flexibility index (Phi) is 7.14. The average Bonchev–Trinajstić information content (AvgIpc) is 3.36. The Morgan fingerprint density at radius 1 is 1.31 bits per heavy atom. The van der Waals surface area contributed by atoms with Gasteiger partial charge in [-0.05, 0) is 50.5 Å². The van der Waals surface area contributed by atoms with Crippen molar-refractivity contribution in [2.45, 2.75) is 36.7 Å². The summed E-state index contributed by atoms with van der Waals surface area (Å²) in [7, 11) is -3.46. The van der Waals surface area contributed by atoms with E-state index < -0.39 is 10.0 Å². The van der Waals surface area contributed by atoms with E-state index in [1.807, 2.05) is 6.92 Å². The minimum atomic E-state index is -3.46. The van der Waals surface area contributed by atoms with E-state index in [2.05, 4.69) is 20.5 Å². The molecule has 0 radical (unpaired) electrons. The molecule has 11 heteroatoms. The number of nitrogens with zero attached hydrogens (tertiary/aromatic N) is 3. The van der Waals surface area contributed by atoms with Crippen LogP contribution < -0.4 is 10.1 Å². The molecule has 2 aromatic rings. The van der Waals surface area contributed by atoms with Crippen molar-refractivity contribution in [1.29, 1.82) is 0 Å². The second-order valence-corrected chi connectivity index (χ2v) is 9.73. The van der Waals surface area contributed by atoms with Crippen molar-refractivity contribution in [3.63, 3.8) is 0 Å². The third-order valence-electron chi connectivity index (χ3n) is 4.44. The van der Waals surface area contributed by atoms with E-state index in [1.54, 1.807) is 19.1 Å². The lowest BCUT2D eigenvalue weighted by Gasteiger charge is -2.17. The first kappa shape index (κ1) is 21.6. The van der Waals surface area contributed by atoms with E-state index in [4.69, 9.17) is 4.74 Å². The molecule has 0 bridgehead atoms. The van der Waals surface area contributed by atoms with Gasteiger partial charge in [0.25, 0.3) is 5.91 Å².